The van der Waals surface area contributed by atoms with Gasteiger partial charge in [0.1, 0.15) is 5.75 Å². The van der Waals surface area contributed by atoms with E-state index in [1.165, 1.54) is 9.88 Å². The Morgan fingerprint density at radius 2 is 2.12 bits per heavy atom. The van der Waals surface area contributed by atoms with Crippen LogP contribution < -0.4 is 15.4 Å². The van der Waals surface area contributed by atoms with E-state index in [1.54, 1.807) is 18.4 Å². The zero-order valence-corrected chi connectivity index (χ0v) is 19.1. The third-order valence-electron chi connectivity index (χ3n) is 3.54. The maximum atomic E-state index is 5.73. The minimum absolute atomic E-state index is 0. The second-order valence-corrected chi connectivity index (χ2v) is 7.19. The van der Waals surface area contributed by atoms with E-state index < -0.39 is 0 Å². The van der Waals surface area contributed by atoms with Crippen LogP contribution in [-0.4, -0.2) is 30.6 Å². The maximum absolute atomic E-state index is 5.73. The molecule has 0 saturated heterocycles. The lowest BCUT2D eigenvalue weighted by Gasteiger charge is -2.13. The lowest BCUT2D eigenvalue weighted by atomic mass is 10.2. The largest absolute Gasteiger partial charge is 0.491 e. The molecule has 26 heavy (non-hydrogen) atoms. The van der Waals surface area contributed by atoms with E-state index in [-0.39, 0.29) is 30.1 Å². The number of aromatic nitrogens is 1. The van der Waals surface area contributed by atoms with Gasteiger partial charge in [-0.2, -0.15) is 0 Å². The minimum Gasteiger partial charge on any atom is -0.491 e. The summed E-state index contributed by atoms with van der Waals surface area (Å²) in [5, 5.41) is 7.84. The van der Waals surface area contributed by atoms with Gasteiger partial charge in [-0.15, -0.1) is 35.3 Å². The maximum Gasteiger partial charge on any atom is 0.191 e. The predicted molar refractivity (Wildman–Crippen MR) is 121 cm³/mol. The van der Waals surface area contributed by atoms with Gasteiger partial charge < -0.3 is 15.4 Å². The van der Waals surface area contributed by atoms with Crippen LogP contribution in [0.2, 0.25) is 0 Å². The van der Waals surface area contributed by atoms with Crippen molar-refractivity contribution in [3.05, 3.63) is 45.9 Å². The standard InChI is InChI=1S/C19H28N4OS.HI/c1-5-17-13-22-18(25-17)9-10-21-19(20-4)23-12-15-7-6-8-16(11-15)24-14(2)3;/h6-8,11,13-14H,5,9-10,12H2,1-4H3,(H2,20,21,23);1H. The molecule has 0 aliphatic heterocycles. The molecule has 0 aliphatic rings. The first kappa shape index (κ1) is 22.7. The molecule has 0 atom stereocenters. The predicted octanol–water partition coefficient (Wildman–Crippen LogP) is 4.02. The first-order valence-electron chi connectivity index (χ1n) is 8.74. The molecule has 0 spiro atoms. The van der Waals surface area contributed by atoms with Gasteiger partial charge in [0.05, 0.1) is 11.1 Å². The Balaban J connectivity index is 0.00000338. The van der Waals surface area contributed by atoms with Crippen molar-refractivity contribution in [2.24, 2.45) is 4.99 Å². The Labute approximate surface area is 177 Å². The summed E-state index contributed by atoms with van der Waals surface area (Å²) in [6.07, 6.45) is 4.10. The second kappa shape index (κ2) is 12.1. The Hall–Kier alpha value is -1.35. The van der Waals surface area contributed by atoms with Crippen LogP contribution >= 0.6 is 35.3 Å². The minimum atomic E-state index is 0. The quantitative estimate of drug-likeness (QED) is 0.335. The fourth-order valence-electron chi connectivity index (χ4n) is 2.32. The SMILES string of the molecule is CCc1cnc(CCNC(=NC)NCc2cccc(OC(C)C)c2)s1.I. The van der Waals surface area contributed by atoms with Gasteiger partial charge in [0, 0.05) is 37.6 Å². The molecule has 1 aromatic carbocycles. The summed E-state index contributed by atoms with van der Waals surface area (Å²) in [7, 11) is 1.78. The zero-order chi connectivity index (χ0) is 18.1. The third kappa shape index (κ3) is 7.90. The molecule has 2 N–H and O–H groups in total. The highest BCUT2D eigenvalue weighted by Gasteiger charge is 2.03. The third-order valence-corrected chi connectivity index (χ3v) is 4.74. The first-order chi connectivity index (χ1) is 12.1. The number of ether oxygens (including phenoxy) is 1. The van der Waals surface area contributed by atoms with E-state index in [2.05, 4.69) is 39.7 Å². The van der Waals surface area contributed by atoms with Gasteiger partial charge in [-0.05, 0) is 38.0 Å². The number of aryl methyl sites for hydroxylation is 1. The van der Waals surface area contributed by atoms with Gasteiger partial charge >= 0.3 is 0 Å². The highest BCUT2D eigenvalue weighted by atomic mass is 127. The smallest absolute Gasteiger partial charge is 0.191 e. The van der Waals surface area contributed by atoms with E-state index >= 15 is 0 Å². The molecule has 0 saturated carbocycles. The number of hydrogen-bond donors (Lipinski definition) is 2. The van der Waals surface area contributed by atoms with Crippen LogP contribution in [0.4, 0.5) is 0 Å². The fourth-order valence-corrected chi connectivity index (χ4v) is 3.18. The normalized spacial score (nSPS) is 11.2. The number of guanidine groups is 1. The molecule has 1 aromatic heterocycles. The topological polar surface area (TPSA) is 58.5 Å². The van der Waals surface area contributed by atoms with Crippen molar-refractivity contribution >= 4 is 41.3 Å². The van der Waals surface area contributed by atoms with E-state index in [1.807, 2.05) is 32.2 Å². The van der Waals surface area contributed by atoms with Gasteiger partial charge in [0.25, 0.3) is 0 Å². The van der Waals surface area contributed by atoms with Gasteiger partial charge in [0.15, 0.2) is 5.96 Å². The number of rotatable bonds is 8. The summed E-state index contributed by atoms with van der Waals surface area (Å²) in [5.74, 6) is 1.69. The molecular formula is C19H29IN4OS. The van der Waals surface area contributed by atoms with Crippen molar-refractivity contribution < 1.29 is 4.74 Å². The first-order valence-corrected chi connectivity index (χ1v) is 9.56. The Morgan fingerprint density at radius 3 is 2.77 bits per heavy atom. The van der Waals surface area contributed by atoms with Crippen molar-refractivity contribution in [2.45, 2.75) is 46.3 Å². The van der Waals surface area contributed by atoms with Crippen LogP contribution in [0.25, 0.3) is 0 Å². The summed E-state index contributed by atoms with van der Waals surface area (Å²) in [6, 6.07) is 8.13. The molecule has 0 fully saturated rings. The van der Waals surface area contributed by atoms with Crippen LogP contribution in [-0.2, 0) is 19.4 Å². The van der Waals surface area contributed by atoms with Crippen LogP contribution in [0.1, 0.15) is 36.2 Å². The van der Waals surface area contributed by atoms with Crippen molar-refractivity contribution in [1.82, 2.24) is 15.6 Å². The molecule has 144 valence electrons. The summed E-state index contributed by atoms with van der Waals surface area (Å²) in [6.45, 7) is 7.73. The average molecular weight is 488 g/mol. The van der Waals surface area contributed by atoms with Crippen molar-refractivity contribution in [3.8, 4) is 5.75 Å². The zero-order valence-electron chi connectivity index (χ0n) is 15.9. The second-order valence-electron chi connectivity index (χ2n) is 5.99. The number of halogens is 1. The molecule has 0 unspecified atom stereocenters. The van der Waals surface area contributed by atoms with Crippen LogP contribution in [0.15, 0.2) is 35.5 Å². The molecular weight excluding hydrogens is 459 g/mol. The van der Waals surface area contributed by atoms with Crippen molar-refractivity contribution in [3.63, 3.8) is 0 Å². The molecule has 0 radical (unpaired) electrons. The van der Waals surface area contributed by atoms with Gasteiger partial charge in [0.2, 0.25) is 0 Å². The Kier molecular flexibility index (Phi) is 10.6. The lowest BCUT2D eigenvalue weighted by Crippen LogP contribution is -2.37. The van der Waals surface area contributed by atoms with E-state index in [0.717, 1.165) is 36.7 Å². The van der Waals surface area contributed by atoms with Crippen LogP contribution in [0.3, 0.4) is 0 Å². The highest BCUT2D eigenvalue weighted by molar-refractivity contribution is 14.0. The molecule has 1 heterocycles. The fraction of sp³-hybridized carbons (Fsp3) is 0.474. The lowest BCUT2D eigenvalue weighted by molar-refractivity contribution is 0.242. The van der Waals surface area contributed by atoms with Crippen LogP contribution in [0.5, 0.6) is 5.75 Å². The average Bonchev–Trinajstić information content (AvgIpc) is 3.05. The van der Waals surface area contributed by atoms with E-state index in [0.29, 0.717) is 6.54 Å². The molecule has 0 aliphatic carbocycles. The summed E-state index contributed by atoms with van der Waals surface area (Å²) < 4.78 is 5.73. The Morgan fingerprint density at radius 1 is 1.31 bits per heavy atom. The van der Waals surface area contributed by atoms with Gasteiger partial charge in [-0.3, -0.25) is 4.99 Å². The van der Waals surface area contributed by atoms with E-state index in [4.69, 9.17) is 4.74 Å². The highest BCUT2D eigenvalue weighted by Crippen LogP contribution is 2.15. The molecule has 0 bridgehead atoms. The monoisotopic (exact) mass is 488 g/mol. The molecule has 2 rings (SSSR count). The number of benzene rings is 1. The van der Waals surface area contributed by atoms with Crippen molar-refractivity contribution in [2.75, 3.05) is 13.6 Å². The summed E-state index contributed by atoms with van der Waals surface area (Å²) >= 11 is 1.78. The van der Waals surface area contributed by atoms with Crippen LogP contribution in [0, 0.1) is 0 Å². The molecule has 0 amide bonds. The molecule has 2 aromatic rings. The number of thiazole rings is 1. The molecule has 5 nitrogen and oxygen atoms in total. The number of nitrogens with zero attached hydrogens (tertiary/aromatic N) is 2. The van der Waals surface area contributed by atoms with Crippen molar-refractivity contribution in [1.29, 1.82) is 0 Å². The summed E-state index contributed by atoms with van der Waals surface area (Å²) in [4.78, 5) is 10.0. The number of aliphatic imine (C=N–C) groups is 1. The molecule has 7 heteroatoms. The summed E-state index contributed by atoms with van der Waals surface area (Å²) in [5.41, 5.74) is 1.16. The number of nitrogens with one attached hydrogen (secondary N) is 2. The van der Waals surface area contributed by atoms with Gasteiger partial charge in [-0.1, -0.05) is 19.1 Å². The van der Waals surface area contributed by atoms with E-state index in [9.17, 15) is 0 Å². The number of hydrogen-bond acceptors (Lipinski definition) is 4. The Bertz CT molecular complexity index is 688. The van der Waals surface area contributed by atoms with Gasteiger partial charge in [-0.25, -0.2) is 4.98 Å².